The summed E-state index contributed by atoms with van der Waals surface area (Å²) in [5, 5.41) is 7.71. The van der Waals surface area contributed by atoms with Gasteiger partial charge in [0.25, 0.3) is 0 Å². The van der Waals surface area contributed by atoms with Gasteiger partial charge >= 0.3 is 0 Å². The van der Waals surface area contributed by atoms with Gasteiger partial charge in [-0.15, -0.1) is 24.0 Å². The Morgan fingerprint density at radius 3 is 2.81 bits per heavy atom. The maximum absolute atomic E-state index is 13.1. The average Bonchev–Trinajstić information content (AvgIpc) is 3.40. The second kappa shape index (κ2) is 10.6. The lowest BCUT2D eigenvalue weighted by Gasteiger charge is -2.21. The van der Waals surface area contributed by atoms with Gasteiger partial charge in [-0.2, -0.15) is 5.10 Å². The summed E-state index contributed by atoms with van der Waals surface area (Å²) in [6.45, 7) is 2.47. The Hall–Kier alpha value is -2.69. The molecule has 2 aromatic heterocycles. The smallest absolute Gasteiger partial charge is 0.219 e. The molecule has 0 spiro atoms. The predicted molar refractivity (Wildman–Crippen MR) is 128 cm³/mol. The van der Waals surface area contributed by atoms with E-state index in [1.165, 1.54) is 17.7 Å². The minimum absolute atomic E-state index is 0. The van der Waals surface area contributed by atoms with Gasteiger partial charge in [-0.05, 0) is 47.9 Å². The number of nitrogens with zero attached hydrogens (tertiary/aromatic N) is 5. The lowest BCUT2D eigenvalue weighted by atomic mass is 10.0. The molecule has 3 aromatic rings. The third-order valence-electron chi connectivity index (χ3n) is 5.18. The molecule has 0 radical (unpaired) electrons. The standard InChI is InChI=1S/C22H25FN6O.HI/c1-24-22(29-10-8-17(15-29)18-13-27-28(2)14-18)26-12-16-7-9-25-21(11-16)30-20-5-3-19(23)4-6-20;/h3-7,9,11,13-14,17H,8,10,12,15H2,1-2H3,(H,24,26);1H. The third-order valence-corrected chi connectivity index (χ3v) is 5.18. The molecule has 1 saturated heterocycles. The van der Waals surface area contributed by atoms with Gasteiger partial charge in [0, 0.05) is 58.1 Å². The van der Waals surface area contributed by atoms with E-state index in [9.17, 15) is 4.39 Å². The number of guanidine groups is 1. The molecule has 7 nitrogen and oxygen atoms in total. The second-order valence-corrected chi connectivity index (χ2v) is 7.34. The van der Waals surface area contributed by atoms with E-state index < -0.39 is 0 Å². The molecule has 0 bridgehead atoms. The molecule has 1 N–H and O–H groups in total. The predicted octanol–water partition coefficient (Wildman–Crippen LogP) is 3.93. The molecule has 1 aromatic carbocycles. The summed E-state index contributed by atoms with van der Waals surface area (Å²) in [5.74, 6) is 2.05. The summed E-state index contributed by atoms with van der Waals surface area (Å²) in [6.07, 6.45) is 6.82. The van der Waals surface area contributed by atoms with Crippen LogP contribution in [0, 0.1) is 5.82 Å². The zero-order chi connectivity index (χ0) is 20.9. The largest absolute Gasteiger partial charge is 0.439 e. The van der Waals surface area contributed by atoms with Crippen LogP contribution in [0.15, 0.2) is 60.0 Å². The molecule has 1 unspecified atom stereocenters. The van der Waals surface area contributed by atoms with Crippen LogP contribution in [0.1, 0.15) is 23.5 Å². The summed E-state index contributed by atoms with van der Waals surface area (Å²) in [4.78, 5) is 11.0. The Labute approximate surface area is 198 Å². The van der Waals surface area contributed by atoms with Crippen molar-refractivity contribution in [2.45, 2.75) is 18.9 Å². The first-order chi connectivity index (χ1) is 14.6. The number of pyridine rings is 1. The summed E-state index contributed by atoms with van der Waals surface area (Å²) in [5.41, 5.74) is 2.29. The van der Waals surface area contributed by atoms with E-state index >= 15 is 0 Å². The molecular weight excluding hydrogens is 510 g/mol. The molecule has 3 heterocycles. The van der Waals surface area contributed by atoms with Crippen molar-refractivity contribution in [3.05, 3.63) is 71.9 Å². The van der Waals surface area contributed by atoms with Gasteiger partial charge in [0.2, 0.25) is 5.88 Å². The van der Waals surface area contributed by atoms with Crippen LogP contribution >= 0.6 is 24.0 Å². The Morgan fingerprint density at radius 1 is 1.29 bits per heavy atom. The maximum atomic E-state index is 13.1. The Bertz CT molecular complexity index is 1020. The number of aryl methyl sites for hydroxylation is 1. The Balaban J connectivity index is 0.00000272. The summed E-state index contributed by atoms with van der Waals surface area (Å²) in [6, 6.07) is 9.68. The van der Waals surface area contributed by atoms with Gasteiger partial charge in [-0.1, -0.05) is 0 Å². The molecule has 0 amide bonds. The number of aromatic nitrogens is 3. The number of benzene rings is 1. The van der Waals surface area contributed by atoms with Gasteiger partial charge in [-0.3, -0.25) is 9.67 Å². The van der Waals surface area contributed by atoms with Crippen molar-refractivity contribution >= 4 is 29.9 Å². The molecule has 0 saturated carbocycles. The van der Waals surface area contributed by atoms with Crippen LogP contribution in [0.4, 0.5) is 4.39 Å². The van der Waals surface area contributed by atoms with Crippen LogP contribution in [0.2, 0.25) is 0 Å². The van der Waals surface area contributed by atoms with Crippen molar-refractivity contribution < 1.29 is 9.13 Å². The van der Waals surface area contributed by atoms with Gasteiger partial charge in [0.1, 0.15) is 11.6 Å². The van der Waals surface area contributed by atoms with E-state index in [0.717, 1.165) is 31.0 Å². The molecule has 164 valence electrons. The number of rotatable bonds is 5. The molecule has 4 rings (SSSR count). The molecule has 1 fully saturated rings. The quantitative estimate of drug-likeness (QED) is 0.304. The average molecular weight is 536 g/mol. The number of aliphatic imine (C=N–C) groups is 1. The van der Waals surface area contributed by atoms with Gasteiger partial charge in [-0.25, -0.2) is 9.37 Å². The van der Waals surface area contributed by atoms with E-state index in [2.05, 4.69) is 31.5 Å². The Morgan fingerprint density at radius 2 is 2.10 bits per heavy atom. The third kappa shape index (κ3) is 5.93. The van der Waals surface area contributed by atoms with Crippen molar-refractivity contribution in [1.82, 2.24) is 25.0 Å². The first-order valence-electron chi connectivity index (χ1n) is 9.93. The van der Waals surface area contributed by atoms with E-state index in [1.807, 2.05) is 30.1 Å². The summed E-state index contributed by atoms with van der Waals surface area (Å²) < 4.78 is 20.6. The monoisotopic (exact) mass is 536 g/mol. The highest BCUT2D eigenvalue weighted by Crippen LogP contribution is 2.26. The molecule has 31 heavy (non-hydrogen) atoms. The normalized spacial score (nSPS) is 16.2. The molecule has 0 aliphatic carbocycles. The van der Waals surface area contributed by atoms with Crippen LogP contribution < -0.4 is 10.1 Å². The molecule has 1 aliphatic heterocycles. The first kappa shape index (κ1) is 23.0. The van der Waals surface area contributed by atoms with Crippen molar-refractivity contribution in [1.29, 1.82) is 0 Å². The lowest BCUT2D eigenvalue weighted by molar-refractivity contribution is 0.459. The SMILES string of the molecule is CN=C(NCc1ccnc(Oc2ccc(F)cc2)c1)N1CCC(c2cnn(C)c2)C1.I. The number of nitrogens with one attached hydrogen (secondary N) is 1. The molecule has 9 heteroatoms. The highest BCUT2D eigenvalue weighted by atomic mass is 127. The summed E-state index contributed by atoms with van der Waals surface area (Å²) in [7, 11) is 3.74. The van der Waals surface area contributed by atoms with E-state index in [0.29, 0.717) is 24.1 Å². The molecule has 1 aliphatic rings. The van der Waals surface area contributed by atoms with Crippen molar-refractivity contribution in [2.24, 2.45) is 12.0 Å². The topological polar surface area (TPSA) is 67.6 Å². The minimum Gasteiger partial charge on any atom is -0.439 e. The highest BCUT2D eigenvalue weighted by Gasteiger charge is 2.26. The van der Waals surface area contributed by atoms with E-state index in [-0.39, 0.29) is 29.8 Å². The highest BCUT2D eigenvalue weighted by molar-refractivity contribution is 14.0. The fraction of sp³-hybridized carbons (Fsp3) is 0.318. The van der Waals surface area contributed by atoms with Gasteiger partial charge in [0.05, 0.1) is 6.20 Å². The zero-order valence-electron chi connectivity index (χ0n) is 17.5. The van der Waals surface area contributed by atoms with Gasteiger partial charge in [0.15, 0.2) is 5.96 Å². The maximum Gasteiger partial charge on any atom is 0.219 e. The zero-order valence-corrected chi connectivity index (χ0v) is 19.9. The van der Waals surface area contributed by atoms with Crippen LogP contribution in [0.3, 0.4) is 0 Å². The first-order valence-corrected chi connectivity index (χ1v) is 9.93. The van der Waals surface area contributed by atoms with E-state index in [4.69, 9.17) is 4.74 Å². The number of hydrogen-bond donors (Lipinski definition) is 1. The van der Waals surface area contributed by atoms with Crippen molar-refractivity contribution in [3.8, 4) is 11.6 Å². The van der Waals surface area contributed by atoms with Crippen molar-refractivity contribution in [3.63, 3.8) is 0 Å². The molecule has 1 atom stereocenters. The second-order valence-electron chi connectivity index (χ2n) is 7.34. The van der Waals surface area contributed by atoms with E-state index in [1.54, 1.807) is 25.4 Å². The molecular formula is C22H26FIN6O. The summed E-state index contributed by atoms with van der Waals surface area (Å²) >= 11 is 0. The number of hydrogen-bond acceptors (Lipinski definition) is 4. The minimum atomic E-state index is -0.299. The van der Waals surface area contributed by atoms with Crippen LogP contribution in [0.25, 0.3) is 0 Å². The Kier molecular flexibility index (Phi) is 7.83. The van der Waals surface area contributed by atoms with Crippen LogP contribution in [-0.4, -0.2) is 45.8 Å². The number of ether oxygens (including phenoxy) is 1. The van der Waals surface area contributed by atoms with Crippen molar-refractivity contribution in [2.75, 3.05) is 20.1 Å². The van der Waals surface area contributed by atoms with Crippen LogP contribution in [-0.2, 0) is 13.6 Å². The fourth-order valence-electron chi connectivity index (χ4n) is 3.63. The number of halogens is 2. The fourth-order valence-corrected chi connectivity index (χ4v) is 3.63. The van der Waals surface area contributed by atoms with Crippen LogP contribution in [0.5, 0.6) is 11.6 Å². The van der Waals surface area contributed by atoms with Gasteiger partial charge < -0.3 is 15.0 Å². The lowest BCUT2D eigenvalue weighted by Crippen LogP contribution is -2.39. The number of likely N-dealkylation sites (tertiary alicyclic amines) is 1.